The summed E-state index contributed by atoms with van der Waals surface area (Å²) in [6.07, 6.45) is 7.27. The fourth-order valence-electron chi connectivity index (χ4n) is 7.04. The first-order chi connectivity index (χ1) is 12.2. The van der Waals surface area contributed by atoms with Gasteiger partial charge in [-0.05, 0) is 79.5 Å². The highest BCUT2D eigenvalue weighted by atomic mass is 16.5. The number of ether oxygens (including phenoxy) is 1. The Kier molecular flexibility index (Phi) is 2.68. The van der Waals surface area contributed by atoms with Crippen molar-refractivity contribution >= 4 is 0 Å². The van der Waals surface area contributed by atoms with Gasteiger partial charge in [-0.25, -0.2) is 0 Å². The van der Waals surface area contributed by atoms with Crippen LogP contribution >= 0.6 is 0 Å². The van der Waals surface area contributed by atoms with E-state index in [9.17, 15) is 0 Å². The number of benzene rings is 1. The maximum atomic E-state index is 5.61. The minimum Gasteiger partial charge on any atom is -0.497 e. The molecule has 1 spiro atoms. The molecule has 1 N–H and O–H groups in total. The first-order valence-electron chi connectivity index (χ1n) is 9.57. The summed E-state index contributed by atoms with van der Waals surface area (Å²) in [4.78, 5) is 0. The van der Waals surface area contributed by atoms with E-state index in [1.807, 2.05) is 24.3 Å². The molecule has 1 aromatic heterocycles. The number of hydrogen-bond acceptors (Lipinski definition) is 4. The first kappa shape index (κ1) is 14.4. The van der Waals surface area contributed by atoms with E-state index in [1.54, 1.807) is 7.11 Å². The van der Waals surface area contributed by atoms with Gasteiger partial charge in [-0.2, -0.15) is 0 Å². The highest BCUT2D eigenvalue weighted by Gasteiger charge is 2.80. The molecule has 130 valence electrons. The highest BCUT2D eigenvalue weighted by Crippen LogP contribution is 2.82. The molecule has 5 unspecified atom stereocenters. The third kappa shape index (κ3) is 1.69. The Balaban J connectivity index is 1.18. The molecule has 0 amide bonds. The molecule has 1 heterocycles. The SMILES string of the molecule is COc1ccc(-c2cc(CNC34CC5CC6CC(C3)C64C5)on2)cc1. The van der Waals surface area contributed by atoms with E-state index >= 15 is 0 Å². The molecule has 5 atom stereocenters. The quantitative estimate of drug-likeness (QED) is 0.896. The third-order valence-electron chi connectivity index (χ3n) is 7.94. The van der Waals surface area contributed by atoms with Gasteiger partial charge in [0, 0.05) is 17.2 Å². The summed E-state index contributed by atoms with van der Waals surface area (Å²) in [5, 5.41) is 8.18. The van der Waals surface area contributed by atoms with Crippen molar-refractivity contribution in [3.8, 4) is 17.0 Å². The minimum absolute atomic E-state index is 0.413. The molecular formula is C21H24N2O2. The van der Waals surface area contributed by atoms with Crippen molar-refractivity contribution in [1.82, 2.24) is 10.5 Å². The van der Waals surface area contributed by atoms with E-state index in [1.165, 1.54) is 32.1 Å². The molecular weight excluding hydrogens is 312 g/mol. The lowest BCUT2D eigenvalue weighted by atomic mass is 9.35. The molecule has 4 heteroatoms. The molecule has 4 fully saturated rings. The summed E-state index contributed by atoms with van der Waals surface area (Å²) < 4.78 is 10.8. The zero-order valence-corrected chi connectivity index (χ0v) is 14.6. The maximum absolute atomic E-state index is 5.61. The molecule has 4 aliphatic carbocycles. The number of nitrogens with one attached hydrogen (secondary N) is 1. The summed E-state index contributed by atoms with van der Waals surface area (Å²) in [6, 6.07) is 10.0. The van der Waals surface area contributed by atoms with Gasteiger partial charge >= 0.3 is 0 Å². The van der Waals surface area contributed by atoms with Crippen molar-refractivity contribution < 1.29 is 9.26 Å². The van der Waals surface area contributed by atoms with Gasteiger partial charge in [0.2, 0.25) is 0 Å². The fourth-order valence-corrected chi connectivity index (χ4v) is 7.04. The molecule has 4 aliphatic rings. The van der Waals surface area contributed by atoms with Crippen molar-refractivity contribution in [2.75, 3.05) is 7.11 Å². The number of hydrogen-bond donors (Lipinski definition) is 1. The summed E-state index contributed by atoms with van der Waals surface area (Å²) in [5.41, 5.74) is 3.04. The van der Waals surface area contributed by atoms with Crippen LogP contribution in [0.15, 0.2) is 34.9 Å². The van der Waals surface area contributed by atoms with E-state index in [2.05, 4.69) is 16.5 Å². The Morgan fingerprint density at radius 3 is 2.80 bits per heavy atom. The van der Waals surface area contributed by atoms with E-state index < -0.39 is 0 Å². The average molecular weight is 336 g/mol. The zero-order valence-electron chi connectivity index (χ0n) is 14.6. The average Bonchev–Trinajstić information content (AvgIpc) is 3.29. The smallest absolute Gasteiger partial charge is 0.151 e. The van der Waals surface area contributed by atoms with Gasteiger partial charge in [0.15, 0.2) is 5.76 Å². The van der Waals surface area contributed by atoms with Crippen LogP contribution in [0.4, 0.5) is 0 Å². The molecule has 1 aromatic carbocycles. The molecule has 0 aliphatic heterocycles. The molecule has 4 nitrogen and oxygen atoms in total. The van der Waals surface area contributed by atoms with Crippen LogP contribution in [0, 0.1) is 23.2 Å². The maximum Gasteiger partial charge on any atom is 0.151 e. The van der Waals surface area contributed by atoms with Gasteiger partial charge < -0.3 is 14.6 Å². The van der Waals surface area contributed by atoms with Crippen LogP contribution in [0.3, 0.4) is 0 Å². The van der Waals surface area contributed by atoms with Gasteiger partial charge in [-0.15, -0.1) is 0 Å². The first-order valence-corrected chi connectivity index (χ1v) is 9.57. The van der Waals surface area contributed by atoms with E-state index in [4.69, 9.17) is 9.26 Å². The van der Waals surface area contributed by atoms with Crippen molar-refractivity contribution in [3.05, 3.63) is 36.1 Å². The van der Waals surface area contributed by atoms with Crippen LogP contribution in [0.1, 0.15) is 37.9 Å². The minimum atomic E-state index is 0.413. The number of methoxy groups -OCH3 is 1. The van der Waals surface area contributed by atoms with Crippen molar-refractivity contribution in [2.45, 2.75) is 44.2 Å². The Morgan fingerprint density at radius 2 is 2.04 bits per heavy atom. The second-order valence-corrected chi connectivity index (χ2v) is 8.73. The molecule has 0 saturated heterocycles. The predicted octanol–water partition coefficient (Wildman–Crippen LogP) is 4.02. The summed E-state index contributed by atoms with van der Waals surface area (Å²) in [6.45, 7) is 0.803. The predicted molar refractivity (Wildman–Crippen MR) is 94.0 cm³/mol. The van der Waals surface area contributed by atoms with E-state index in [0.29, 0.717) is 11.0 Å². The van der Waals surface area contributed by atoms with Crippen LogP contribution in [-0.2, 0) is 6.54 Å². The standard InChI is InChI=1S/C21H24N2O2/c1-24-17-4-2-14(3-5-17)19-8-18(25-23-19)12-22-20-9-13-6-15-7-16(11-20)21(15,20)10-13/h2-5,8,13,15-16,22H,6-7,9-12H2,1H3. The molecule has 0 radical (unpaired) electrons. The molecule has 6 rings (SSSR count). The number of rotatable bonds is 5. The van der Waals surface area contributed by atoms with Gasteiger partial charge in [-0.1, -0.05) is 5.16 Å². The van der Waals surface area contributed by atoms with Crippen LogP contribution < -0.4 is 10.1 Å². The monoisotopic (exact) mass is 336 g/mol. The van der Waals surface area contributed by atoms with E-state index in [-0.39, 0.29) is 0 Å². The topological polar surface area (TPSA) is 47.3 Å². The summed E-state index contributed by atoms with van der Waals surface area (Å²) >= 11 is 0. The number of fused-ring (bicyclic) bond motifs is 1. The zero-order chi connectivity index (χ0) is 16.6. The van der Waals surface area contributed by atoms with Crippen molar-refractivity contribution in [2.24, 2.45) is 23.2 Å². The second kappa shape index (κ2) is 4.67. The molecule has 2 bridgehead atoms. The lowest BCUT2D eigenvalue weighted by molar-refractivity contribution is -0.207. The van der Waals surface area contributed by atoms with Gasteiger partial charge in [-0.3, -0.25) is 0 Å². The normalized spacial score (nSPS) is 39.6. The number of nitrogens with zero attached hydrogens (tertiary/aromatic N) is 1. The summed E-state index contributed by atoms with van der Waals surface area (Å²) in [7, 11) is 1.68. The highest BCUT2D eigenvalue weighted by molar-refractivity contribution is 5.59. The second-order valence-electron chi connectivity index (χ2n) is 8.73. The Hall–Kier alpha value is -1.81. The van der Waals surface area contributed by atoms with E-state index in [0.717, 1.165) is 47.1 Å². The largest absolute Gasteiger partial charge is 0.497 e. The van der Waals surface area contributed by atoms with Gasteiger partial charge in [0.25, 0.3) is 0 Å². The molecule has 2 aromatic rings. The third-order valence-corrected chi connectivity index (χ3v) is 7.94. The Bertz CT molecular complexity index is 829. The van der Waals surface area contributed by atoms with Crippen LogP contribution in [0.5, 0.6) is 5.75 Å². The van der Waals surface area contributed by atoms with Crippen LogP contribution in [-0.4, -0.2) is 17.8 Å². The van der Waals surface area contributed by atoms with Crippen molar-refractivity contribution in [3.63, 3.8) is 0 Å². The fraction of sp³-hybridized carbons (Fsp3) is 0.571. The molecule has 4 saturated carbocycles. The van der Waals surface area contributed by atoms with Gasteiger partial charge in [0.05, 0.1) is 13.7 Å². The van der Waals surface area contributed by atoms with Crippen LogP contribution in [0.2, 0.25) is 0 Å². The van der Waals surface area contributed by atoms with Crippen molar-refractivity contribution in [1.29, 1.82) is 0 Å². The lowest BCUT2D eigenvalue weighted by Crippen LogP contribution is -2.75. The Morgan fingerprint density at radius 1 is 1.16 bits per heavy atom. The summed E-state index contributed by atoms with van der Waals surface area (Å²) in [5.74, 6) is 4.82. The lowest BCUT2D eigenvalue weighted by Gasteiger charge is -2.73. The molecule has 25 heavy (non-hydrogen) atoms. The van der Waals surface area contributed by atoms with Crippen LogP contribution in [0.25, 0.3) is 11.3 Å². The number of aromatic nitrogens is 1. The Labute approximate surface area is 147 Å². The van der Waals surface area contributed by atoms with Gasteiger partial charge in [0.1, 0.15) is 11.4 Å².